The number of hydrogen-bond acceptors (Lipinski definition) is 4. The molecule has 0 aliphatic heterocycles. The van der Waals surface area contributed by atoms with Gasteiger partial charge in [0.2, 0.25) is 0 Å². The highest BCUT2D eigenvalue weighted by Gasteiger charge is 2.29. The summed E-state index contributed by atoms with van der Waals surface area (Å²) in [5.41, 5.74) is 0. The van der Waals surface area contributed by atoms with Crippen molar-refractivity contribution >= 4 is 39.8 Å². The first-order chi connectivity index (χ1) is 10.2. The largest absolute Gasteiger partial charge is 0.381 e. The second kappa shape index (κ2) is 13.2. The van der Waals surface area contributed by atoms with Gasteiger partial charge in [-0.05, 0) is 33.6 Å². The topological polar surface area (TPSA) is 79.8 Å². The first-order valence-corrected chi connectivity index (χ1v) is 9.93. The van der Waals surface area contributed by atoms with Gasteiger partial charge in [-0.2, -0.15) is 0 Å². The van der Waals surface area contributed by atoms with E-state index < -0.39 is 14.6 Å². The predicted molar refractivity (Wildman–Crippen MR) is 109 cm³/mol. The van der Waals surface area contributed by atoms with Crippen LogP contribution in [0.25, 0.3) is 0 Å². The fraction of sp³-hybridized carbons (Fsp3) is 0.933. The molecule has 6 nitrogen and oxygen atoms in total. The Hall–Kier alpha value is -0.0900. The van der Waals surface area contributed by atoms with Crippen molar-refractivity contribution in [1.82, 2.24) is 10.6 Å². The van der Waals surface area contributed by atoms with Gasteiger partial charge in [-0.25, -0.2) is 8.42 Å². The first-order valence-electron chi connectivity index (χ1n) is 8.04. The molecule has 0 heterocycles. The lowest BCUT2D eigenvalue weighted by Gasteiger charge is -2.21. The number of sulfone groups is 1. The van der Waals surface area contributed by atoms with Crippen molar-refractivity contribution in [3.05, 3.63) is 0 Å². The normalized spacial score (nSPS) is 12.7. The van der Waals surface area contributed by atoms with E-state index >= 15 is 0 Å². The summed E-state index contributed by atoms with van der Waals surface area (Å²) in [6, 6.07) is 0. The molecule has 0 radical (unpaired) electrons. The van der Waals surface area contributed by atoms with Crippen LogP contribution in [0, 0.1) is 0 Å². The van der Waals surface area contributed by atoms with E-state index in [0.717, 1.165) is 45.6 Å². The van der Waals surface area contributed by atoms with Gasteiger partial charge in [-0.3, -0.25) is 4.99 Å². The summed E-state index contributed by atoms with van der Waals surface area (Å²) in [5, 5.41) is 6.32. The van der Waals surface area contributed by atoms with Crippen LogP contribution in [0.15, 0.2) is 4.99 Å². The average Bonchev–Trinajstić information content (AvgIpc) is 2.42. The number of halogens is 1. The molecular weight excluding hydrogens is 429 g/mol. The Kier molecular flexibility index (Phi) is 14.5. The standard InChI is InChI=1S/C15H33N3O3S.HI/c1-6-8-11-21-12-9-10-17-14(16-7-2)18-13-15(3,4)22(5,19)20;/h6-13H2,1-5H3,(H2,16,17,18);1H. The van der Waals surface area contributed by atoms with Gasteiger partial charge in [0.15, 0.2) is 15.8 Å². The fourth-order valence-corrected chi connectivity index (χ4v) is 1.76. The van der Waals surface area contributed by atoms with E-state index in [1.807, 2.05) is 6.92 Å². The molecule has 0 aliphatic rings. The van der Waals surface area contributed by atoms with Gasteiger partial charge in [0, 0.05) is 32.6 Å². The highest BCUT2D eigenvalue weighted by atomic mass is 127. The third-order valence-electron chi connectivity index (χ3n) is 3.37. The van der Waals surface area contributed by atoms with E-state index in [-0.39, 0.29) is 30.5 Å². The molecule has 0 saturated carbocycles. The Balaban J connectivity index is 0. The van der Waals surface area contributed by atoms with Crippen molar-refractivity contribution in [1.29, 1.82) is 0 Å². The zero-order valence-corrected chi connectivity index (χ0v) is 18.3. The van der Waals surface area contributed by atoms with Crippen molar-refractivity contribution in [3.63, 3.8) is 0 Å². The third kappa shape index (κ3) is 12.0. The van der Waals surface area contributed by atoms with Crippen molar-refractivity contribution in [2.24, 2.45) is 4.99 Å². The molecule has 0 atom stereocenters. The quantitative estimate of drug-likeness (QED) is 0.213. The molecule has 0 aliphatic carbocycles. The van der Waals surface area contributed by atoms with Gasteiger partial charge in [-0.1, -0.05) is 13.3 Å². The molecule has 0 aromatic heterocycles. The molecule has 0 unspecified atom stereocenters. The van der Waals surface area contributed by atoms with Crippen LogP contribution in [0.3, 0.4) is 0 Å². The number of guanidine groups is 1. The molecule has 0 rings (SSSR count). The molecule has 0 aromatic carbocycles. The maximum Gasteiger partial charge on any atom is 0.191 e. The van der Waals surface area contributed by atoms with Crippen LogP contribution in [0.5, 0.6) is 0 Å². The van der Waals surface area contributed by atoms with E-state index in [1.54, 1.807) is 13.8 Å². The molecule has 0 amide bonds. The summed E-state index contributed by atoms with van der Waals surface area (Å²) in [6.07, 6.45) is 4.38. The Morgan fingerprint density at radius 3 is 2.26 bits per heavy atom. The minimum Gasteiger partial charge on any atom is -0.381 e. The summed E-state index contributed by atoms with van der Waals surface area (Å²) in [4.78, 5) is 4.37. The molecule has 23 heavy (non-hydrogen) atoms. The number of nitrogens with zero attached hydrogens (tertiary/aromatic N) is 1. The van der Waals surface area contributed by atoms with Crippen LogP contribution < -0.4 is 10.6 Å². The van der Waals surface area contributed by atoms with Crippen LogP contribution >= 0.6 is 24.0 Å². The molecule has 0 bridgehead atoms. The van der Waals surface area contributed by atoms with Crippen LogP contribution in [-0.4, -0.2) is 58.2 Å². The molecule has 2 N–H and O–H groups in total. The summed E-state index contributed by atoms with van der Waals surface area (Å²) in [6.45, 7) is 10.8. The van der Waals surface area contributed by atoms with Gasteiger partial charge in [0.25, 0.3) is 0 Å². The number of unbranched alkanes of at least 4 members (excludes halogenated alkanes) is 1. The number of ether oxygens (including phenoxy) is 1. The number of nitrogens with one attached hydrogen (secondary N) is 2. The lowest BCUT2D eigenvalue weighted by atomic mass is 10.2. The van der Waals surface area contributed by atoms with Crippen LogP contribution in [-0.2, 0) is 14.6 Å². The first kappa shape index (κ1) is 25.2. The summed E-state index contributed by atoms with van der Waals surface area (Å²) in [7, 11) is -3.13. The lowest BCUT2D eigenvalue weighted by molar-refractivity contribution is 0.129. The summed E-state index contributed by atoms with van der Waals surface area (Å²) in [5.74, 6) is 0.646. The highest BCUT2D eigenvalue weighted by molar-refractivity contribution is 14.0. The van der Waals surface area contributed by atoms with Gasteiger partial charge < -0.3 is 15.4 Å². The maximum atomic E-state index is 11.7. The van der Waals surface area contributed by atoms with Crippen molar-refractivity contribution < 1.29 is 13.2 Å². The molecule has 0 saturated heterocycles. The van der Waals surface area contributed by atoms with Crippen LogP contribution in [0.2, 0.25) is 0 Å². The molecular formula is C15H34IN3O3S. The highest BCUT2D eigenvalue weighted by Crippen LogP contribution is 2.14. The Morgan fingerprint density at radius 1 is 1.13 bits per heavy atom. The van der Waals surface area contributed by atoms with Crippen molar-refractivity contribution in [2.75, 3.05) is 39.1 Å². The third-order valence-corrected chi connectivity index (χ3v) is 5.50. The lowest BCUT2D eigenvalue weighted by Crippen LogP contribution is -2.41. The van der Waals surface area contributed by atoms with E-state index in [4.69, 9.17) is 4.74 Å². The number of hydrogen-bond donors (Lipinski definition) is 2. The van der Waals surface area contributed by atoms with Crippen LogP contribution in [0.1, 0.15) is 47.0 Å². The monoisotopic (exact) mass is 463 g/mol. The average molecular weight is 463 g/mol. The minimum absolute atomic E-state index is 0. The fourth-order valence-electron chi connectivity index (χ4n) is 1.46. The van der Waals surface area contributed by atoms with Crippen molar-refractivity contribution in [2.45, 2.75) is 51.7 Å². The van der Waals surface area contributed by atoms with Gasteiger partial charge in [0.1, 0.15) is 0 Å². The van der Waals surface area contributed by atoms with E-state index in [2.05, 4.69) is 22.5 Å². The Morgan fingerprint density at radius 2 is 1.74 bits per heavy atom. The van der Waals surface area contributed by atoms with Gasteiger partial charge in [0.05, 0.1) is 11.3 Å². The minimum atomic E-state index is -3.13. The Bertz CT molecular complexity index is 426. The van der Waals surface area contributed by atoms with Crippen LogP contribution in [0.4, 0.5) is 0 Å². The summed E-state index contributed by atoms with van der Waals surface area (Å²) >= 11 is 0. The molecule has 140 valence electrons. The zero-order valence-electron chi connectivity index (χ0n) is 15.1. The van der Waals surface area contributed by atoms with Gasteiger partial charge in [-0.15, -0.1) is 24.0 Å². The predicted octanol–water partition coefficient (Wildman–Crippen LogP) is 2.19. The van der Waals surface area contributed by atoms with E-state index in [1.165, 1.54) is 6.26 Å². The van der Waals surface area contributed by atoms with E-state index in [0.29, 0.717) is 5.96 Å². The zero-order chi connectivity index (χ0) is 17.1. The second-order valence-electron chi connectivity index (χ2n) is 5.97. The SMILES string of the molecule is CCCCOCCCNC(=NCC(C)(C)S(C)(=O)=O)NCC.I. The summed E-state index contributed by atoms with van der Waals surface area (Å²) < 4.78 is 28.0. The second-order valence-corrected chi connectivity index (χ2v) is 8.62. The molecule has 0 aromatic rings. The smallest absolute Gasteiger partial charge is 0.191 e. The molecule has 0 fully saturated rings. The molecule has 0 spiro atoms. The Labute approximate surface area is 159 Å². The maximum absolute atomic E-state index is 11.7. The van der Waals surface area contributed by atoms with E-state index in [9.17, 15) is 8.42 Å². The van der Waals surface area contributed by atoms with Crippen molar-refractivity contribution in [3.8, 4) is 0 Å². The number of aliphatic imine (C=N–C) groups is 1. The van der Waals surface area contributed by atoms with Gasteiger partial charge >= 0.3 is 0 Å². The molecule has 8 heteroatoms. The number of rotatable bonds is 11.